The Morgan fingerprint density at radius 3 is 1.61 bits per heavy atom. The van der Waals surface area contributed by atoms with Gasteiger partial charge in [0.05, 0.1) is 13.3 Å². The lowest BCUT2D eigenvalue weighted by Gasteiger charge is -2.35. The van der Waals surface area contributed by atoms with E-state index < -0.39 is 11.5 Å². The maximum atomic E-state index is 12.0. The number of rotatable bonds is 5. The number of hydrogen-bond acceptors (Lipinski definition) is 4. The summed E-state index contributed by atoms with van der Waals surface area (Å²) in [5.41, 5.74) is 2.40. The van der Waals surface area contributed by atoms with E-state index in [1.165, 1.54) is 7.11 Å². The number of benzene rings is 3. The average molecular weight is 369 g/mol. The monoisotopic (exact) mass is 369 g/mol. The fraction of sp³-hybridized carbons (Fsp3) is 0.0870. The number of methoxy groups -OCH3 is 1. The van der Waals surface area contributed by atoms with Crippen LogP contribution in [0.1, 0.15) is 27.2 Å². The van der Waals surface area contributed by atoms with Crippen molar-refractivity contribution < 1.29 is 9.53 Å². The van der Waals surface area contributed by atoms with Gasteiger partial charge in [-0.15, -0.1) is 5.10 Å². The van der Waals surface area contributed by atoms with Crippen molar-refractivity contribution >= 4 is 5.97 Å². The highest BCUT2D eigenvalue weighted by molar-refractivity contribution is 5.86. The lowest BCUT2D eigenvalue weighted by Crippen LogP contribution is -2.38. The van der Waals surface area contributed by atoms with Gasteiger partial charge in [-0.3, -0.25) is 0 Å². The van der Waals surface area contributed by atoms with Crippen LogP contribution in [-0.4, -0.2) is 28.1 Å². The van der Waals surface area contributed by atoms with Gasteiger partial charge >= 0.3 is 5.97 Å². The molecule has 0 saturated carbocycles. The lowest BCUT2D eigenvalue weighted by molar-refractivity contribution is 0.0594. The van der Waals surface area contributed by atoms with Crippen molar-refractivity contribution in [3.05, 3.63) is 120 Å². The van der Waals surface area contributed by atoms with Gasteiger partial charge in [-0.05, 0) is 16.7 Å². The zero-order valence-electron chi connectivity index (χ0n) is 15.4. The van der Waals surface area contributed by atoms with E-state index >= 15 is 0 Å². The van der Waals surface area contributed by atoms with E-state index in [1.54, 1.807) is 10.9 Å². The summed E-state index contributed by atoms with van der Waals surface area (Å²) in [6.07, 6.45) is 1.64. The first kappa shape index (κ1) is 17.7. The van der Waals surface area contributed by atoms with Gasteiger partial charge in [0.25, 0.3) is 0 Å². The van der Waals surface area contributed by atoms with E-state index in [1.807, 2.05) is 54.6 Å². The van der Waals surface area contributed by atoms with Crippen molar-refractivity contribution in [1.29, 1.82) is 0 Å². The highest BCUT2D eigenvalue weighted by Gasteiger charge is 2.40. The first-order valence-corrected chi connectivity index (χ1v) is 8.94. The Kier molecular flexibility index (Phi) is 4.72. The van der Waals surface area contributed by atoms with Crippen LogP contribution in [-0.2, 0) is 10.3 Å². The largest absolute Gasteiger partial charge is 0.464 e. The van der Waals surface area contributed by atoms with Gasteiger partial charge in [-0.25, -0.2) is 9.48 Å². The molecule has 4 aromatic rings. The number of ether oxygens (including phenoxy) is 1. The minimum absolute atomic E-state index is 0.162. The molecule has 1 aromatic heterocycles. The van der Waals surface area contributed by atoms with E-state index in [0.29, 0.717) is 0 Å². The summed E-state index contributed by atoms with van der Waals surface area (Å²) in [6.45, 7) is 0. The van der Waals surface area contributed by atoms with Crippen LogP contribution in [0.5, 0.6) is 0 Å². The van der Waals surface area contributed by atoms with Crippen LogP contribution in [0.3, 0.4) is 0 Å². The van der Waals surface area contributed by atoms with Crippen LogP contribution >= 0.6 is 0 Å². The molecule has 0 fully saturated rings. The molecule has 0 N–H and O–H groups in total. The van der Waals surface area contributed by atoms with Crippen LogP contribution in [0.4, 0.5) is 0 Å². The molecule has 3 aromatic carbocycles. The average Bonchev–Trinajstić information content (AvgIpc) is 3.26. The summed E-state index contributed by atoms with van der Waals surface area (Å²) in [4.78, 5) is 12.0. The molecule has 5 nitrogen and oxygen atoms in total. The fourth-order valence-electron chi connectivity index (χ4n) is 3.56. The smallest absolute Gasteiger partial charge is 0.360 e. The maximum Gasteiger partial charge on any atom is 0.360 e. The van der Waals surface area contributed by atoms with Gasteiger partial charge in [0.2, 0.25) is 0 Å². The van der Waals surface area contributed by atoms with Crippen molar-refractivity contribution in [3.8, 4) is 0 Å². The molecule has 0 aliphatic heterocycles. The highest BCUT2D eigenvalue weighted by Crippen LogP contribution is 2.40. The molecular weight excluding hydrogens is 350 g/mol. The van der Waals surface area contributed by atoms with Crippen LogP contribution in [0.2, 0.25) is 0 Å². The second kappa shape index (κ2) is 7.48. The van der Waals surface area contributed by atoms with Crippen molar-refractivity contribution in [2.45, 2.75) is 5.54 Å². The first-order valence-electron chi connectivity index (χ1n) is 8.94. The molecule has 28 heavy (non-hydrogen) atoms. The van der Waals surface area contributed by atoms with Crippen LogP contribution in [0, 0.1) is 0 Å². The van der Waals surface area contributed by atoms with Crippen molar-refractivity contribution in [3.63, 3.8) is 0 Å². The Morgan fingerprint density at radius 1 is 0.786 bits per heavy atom. The predicted octanol–water partition coefficient (Wildman–Crippen LogP) is 3.90. The summed E-state index contributed by atoms with van der Waals surface area (Å²) in [5.74, 6) is -0.519. The van der Waals surface area contributed by atoms with Crippen molar-refractivity contribution in [2.75, 3.05) is 7.11 Å². The molecule has 0 aliphatic rings. The number of hydrogen-bond donors (Lipinski definition) is 0. The molecule has 0 radical (unpaired) electrons. The van der Waals surface area contributed by atoms with Gasteiger partial charge in [0, 0.05) is 0 Å². The quantitative estimate of drug-likeness (QED) is 0.395. The maximum absolute atomic E-state index is 12.0. The third-order valence-electron chi connectivity index (χ3n) is 4.81. The van der Waals surface area contributed by atoms with E-state index in [2.05, 4.69) is 46.7 Å². The number of carbonyl (C=O) groups is 1. The van der Waals surface area contributed by atoms with Gasteiger partial charge in [-0.2, -0.15) is 0 Å². The van der Waals surface area contributed by atoms with E-state index in [0.717, 1.165) is 16.7 Å². The van der Waals surface area contributed by atoms with Gasteiger partial charge in [0.15, 0.2) is 5.69 Å². The summed E-state index contributed by atoms with van der Waals surface area (Å²) in [7, 11) is 1.33. The predicted molar refractivity (Wildman–Crippen MR) is 106 cm³/mol. The third-order valence-corrected chi connectivity index (χ3v) is 4.81. The second-order valence-electron chi connectivity index (χ2n) is 6.35. The normalized spacial score (nSPS) is 11.2. The summed E-state index contributed by atoms with van der Waals surface area (Å²) >= 11 is 0. The van der Waals surface area contributed by atoms with Crippen LogP contribution in [0.25, 0.3) is 0 Å². The number of esters is 1. The minimum atomic E-state index is -0.789. The molecular formula is C23H19N3O2. The summed E-state index contributed by atoms with van der Waals surface area (Å²) in [5, 5.41) is 8.42. The molecule has 0 saturated heterocycles. The second-order valence-corrected chi connectivity index (χ2v) is 6.35. The molecule has 0 aliphatic carbocycles. The third kappa shape index (κ3) is 2.87. The molecule has 0 atom stereocenters. The Labute approximate surface area is 163 Å². The Morgan fingerprint density at radius 2 is 1.21 bits per heavy atom. The lowest BCUT2D eigenvalue weighted by atomic mass is 9.77. The Balaban J connectivity index is 2.07. The van der Waals surface area contributed by atoms with Gasteiger partial charge < -0.3 is 4.74 Å². The summed E-state index contributed by atoms with van der Waals surface area (Å²) in [6, 6.07) is 30.2. The van der Waals surface area contributed by atoms with Gasteiger partial charge in [0.1, 0.15) is 5.54 Å². The molecule has 0 amide bonds. The molecule has 0 spiro atoms. The highest BCUT2D eigenvalue weighted by atomic mass is 16.5. The number of aromatic nitrogens is 3. The van der Waals surface area contributed by atoms with Crippen LogP contribution < -0.4 is 0 Å². The van der Waals surface area contributed by atoms with Crippen LogP contribution in [0.15, 0.2) is 97.2 Å². The Bertz CT molecular complexity index is 964. The first-order chi connectivity index (χ1) is 13.8. The Hall–Kier alpha value is -3.73. The molecule has 4 rings (SSSR count). The topological polar surface area (TPSA) is 57.0 Å². The molecule has 0 bridgehead atoms. The standard InChI is InChI=1S/C23H19N3O2/c1-28-22(27)21-17-26(25-24-21)23(18-11-5-2-6-12-18,19-13-7-3-8-14-19)20-15-9-4-10-16-20/h2-17H,1H3. The zero-order valence-corrected chi connectivity index (χ0v) is 15.4. The number of carbonyl (C=O) groups excluding carboxylic acids is 1. The SMILES string of the molecule is COC(=O)c1cn(C(c2ccccc2)(c2ccccc2)c2ccccc2)nn1. The van der Waals surface area contributed by atoms with Gasteiger partial charge in [-0.1, -0.05) is 96.2 Å². The van der Waals surface area contributed by atoms with E-state index in [-0.39, 0.29) is 5.69 Å². The van der Waals surface area contributed by atoms with E-state index in [4.69, 9.17) is 4.74 Å². The van der Waals surface area contributed by atoms with Crippen molar-refractivity contribution in [2.24, 2.45) is 0 Å². The molecule has 0 unspecified atom stereocenters. The minimum Gasteiger partial charge on any atom is -0.464 e. The van der Waals surface area contributed by atoms with E-state index in [9.17, 15) is 4.79 Å². The van der Waals surface area contributed by atoms with Crippen molar-refractivity contribution in [1.82, 2.24) is 15.0 Å². The number of nitrogens with zero attached hydrogens (tertiary/aromatic N) is 3. The fourth-order valence-corrected chi connectivity index (χ4v) is 3.56. The molecule has 5 heteroatoms. The molecule has 138 valence electrons. The molecule has 1 heterocycles. The summed E-state index contributed by atoms with van der Waals surface area (Å²) < 4.78 is 6.56. The zero-order chi connectivity index (χ0) is 19.4.